The van der Waals surface area contributed by atoms with Gasteiger partial charge in [0, 0.05) is 11.9 Å². The SMILES string of the molecule is Bc1ccc(CCCNc2ncnc3ccc(C#N)cc23)cc1B. The molecule has 0 fully saturated rings. The van der Waals surface area contributed by atoms with E-state index in [1.165, 1.54) is 16.5 Å². The fraction of sp³-hybridized carbons (Fsp3) is 0.167. The van der Waals surface area contributed by atoms with Crippen LogP contribution in [0.3, 0.4) is 0 Å². The summed E-state index contributed by atoms with van der Waals surface area (Å²) in [7, 11) is 4.28. The Morgan fingerprint density at radius 3 is 2.71 bits per heavy atom. The van der Waals surface area contributed by atoms with Crippen molar-refractivity contribution >= 4 is 43.3 Å². The van der Waals surface area contributed by atoms with Gasteiger partial charge >= 0.3 is 0 Å². The van der Waals surface area contributed by atoms with Gasteiger partial charge in [0.1, 0.15) is 27.8 Å². The van der Waals surface area contributed by atoms with E-state index in [0.717, 1.165) is 36.1 Å². The zero-order valence-electron chi connectivity index (χ0n) is 14.0. The van der Waals surface area contributed by atoms with Gasteiger partial charge in [0.05, 0.1) is 17.1 Å². The Morgan fingerprint density at radius 1 is 1.04 bits per heavy atom. The van der Waals surface area contributed by atoms with Crippen LogP contribution >= 0.6 is 0 Å². The zero-order chi connectivity index (χ0) is 16.9. The van der Waals surface area contributed by atoms with Crippen LogP contribution in [0.1, 0.15) is 17.5 Å². The quantitative estimate of drug-likeness (QED) is 0.535. The molecular formula is C18H18B2N4. The van der Waals surface area contributed by atoms with E-state index in [9.17, 15) is 0 Å². The van der Waals surface area contributed by atoms with Gasteiger partial charge in [0.2, 0.25) is 0 Å². The van der Waals surface area contributed by atoms with Crippen molar-refractivity contribution in [2.75, 3.05) is 11.9 Å². The van der Waals surface area contributed by atoms with Crippen LogP contribution in [0.4, 0.5) is 5.82 Å². The minimum atomic E-state index is 0.621. The molecule has 6 heteroatoms. The predicted molar refractivity (Wildman–Crippen MR) is 104 cm³/mol. The minimum absolute atomic E-state index is 0.621. The molecule has 2 aromatic carbocycles. The Bertz CT molecular complexity index is 919. The van der Waals surface area contributed by atoms with E-state index in [4.69, 9.17) is 5.26 Å². The van der Waals surface area contributed by atoms with Crippen LogP contribution in [-0.2, 0) is 6.42 Å². The molecule has 0 spiro atoms. The summed E-state index contributed by atoms with van der Waals surface area (Å²) in [5, 5.41) is 13.3. The highest BCUT2D eigenvalue weighted by Gasteiger charge is 2.04. The molecule has 1 heterocycles. The average Bonchev–Trinajstić information content (AvgIpc) is 2.61. The summed E-state index contributed by atoms with van der Waals surface area (Å²) in [5.74, 6) is 0.789. The molecule has 0 unspecified atom stereocenters. The molecule has 3 rings (SSSR count). The van der Waals surface area contributed by atoms with E-state index in [1.54, 1.807) is 12.4 Å². The number of nitriles is 1. The predicted octanol–water partition coefficient (Wildman–Crippen LogP) is 0.0630. The van der Waals surface area contributed by atoms with Crippen LogP contribution < -0.4 is 16.2 Å². The van der Waals surface area contributed by atoms with E-state index in [2.05, 4.69) is 55.2 Å². The fourth-order valence-electron chi connectivity index (χ4n) is 2.73. The number of hydrogen-bond acceptors (Lipinski definition) is 4. The van der Waals surface area contributed by atoms with Crippen molar-refractivity contribution in [2.24, 2.45) is 0 Å². The molecule has 0 saturated carbocycles. The van der Waals surface area contributed by atoms with Gasteiger partial charge in [-0.1, -0.05) is 29.1 Å². The van der Waals surface area contributed by atoms with E-state index < -0.39 is 0 Å². The summed E-state index contributed by atoms with van der Waals surface area (Å²) in [4.78, 5) is 8.57. The Morgan fingerprint density at radius 2 is 1.92 bits per heavy atom. The molecule has 0 atom stereocenters. The first-order valence-corrected chi connectivity index (χ1v) is 8.12. The van der Waals surface area contributed by atoms with Crippen molar-refractivity contribution in [3.63, 3.8) is 0 Å². The third kappa shape index (κ3) is 3.57. The molecule has 24 heavy (non-hydrogen) atoms. The number of aromatic nitrogens is 2. The Hall–Kier alpha value is -2.80. The first-order chi connectivity index (χ1) is 11.7. The van der Waals surface area contributed by atoms with Crippen LogP contribution in [0, 0.1) is 11.3 Å². The van der Waals surface area contributed by atoms with E-state index in [-0.39, 0.29) is 0 Å². The van der Waals surface area contributed by atoms with Gasteiger partial charge in [-0.25, -0.2) is 9.97 Å². The lowest BCUT2D eigenvalue weighted by molar-refractivity contribution is 0.860. The number of rotatable bonds is 5. The van der Waals surface area contributed by atoms with Gasteiger partial charge in [0.15, 0.2) is 0 Å². The number of benzene rings is 2. The average molecular weight is 312 g/mol. The Labute approximate surface area is 143 Å². The monoisotopic (exact) mass is 312 g/mol. The number of aryl methyl sites for hydroxylation is 1. The summed E-state index contributed by atoms with van der Waals surface area (Å²) in [5.41, 5.74) is 5.50. The number of hydrogen-bond donors (Lipinski definition) is 1. The highest BCUT2D eigenvalue weighted by Crippen LogP contribution is 2.20. The molecule has 0 aliphatic heterocycles. The largest absolute Gasteiger partial charge is 0.369 e. The minimum Gasteiger partial charge on any atom is -0.369 e. The molecule has 0 amide bonds. The van der Waals surface area contributed by atoms with Gasteiger partial charge < -0.3 is 5.32 Å². The molecule has 0 radical (unpaired) electrons. The molecule has 0 bridgehead atoms. The number of nitrogens with one attached hydrogen (secondary N) is 1. The van der Waals surface area contributed by atoms with E-state index in [0.29, 0.717) is 5.56 Å². The maximum absolute atomic E-state index is 9.06. The molecule has 0 aliphatic carbocycles. The number of nitrogens with zero attached hydrogens (tertiary/aromatic N) is 3. The first kappa shape index (κ1) is 16.1. The lowest BCUT2D eigenvalue weighted by Gasteiger charge is -2.09. The van der Waals surface area contributed by atoms with E-state index >= 15 is 0 Å². The standard InChI is InChI=1S/C18H18B2N4/c19-15-5-3-12(9-16(15)20)2-1-7-22-18-14-8-13(10-21)4-6-17(14)23-11-24-18/h3-6,8-9,11H,1-2,7,19-20H2,(H,22,23,24). The van der Waals surface area contributed by atoms with Crippen molar-refractivity contribution in [3.05, 3.63) is 53.9 Å². The van der Waals surface area contributed by atoms with Crippen LogP contribution in [0.15, 0.2) is 42.7 Å². The lowest BCUT2D eigenvalue weighted by atomic mass is 9.79. The summed E-state index contributed by atoms with van der Waals surface area (Å²) in [6, 6.07) is 14.3. The van der Waals surface area contributed by atoms with Gasteiger partial charge in [-0.15, -0.1) is 0 Å². The van der Waals surface area contributed by atoms with Gasteiger partial charge in [0.25, 0.3) is 0 Å². The normalized spacial score (nSPS) is 10.5. The van der Waals surface area contributed by atoms with Crippen LogP contribution in [0.2, 0.25) is 0 Å². The second-order valence-corrected chi connectivity index (χ2v) is 6.01. The topological polar surface area (TPSA) is 61.6 Å². The van der Waals surface area contributed by atoms with Gasteiger partial charge in [-0.2, -0.15) is 5.26 Å². The third-order valence-electron chi connectivity index (χ3n) is 4.27. The zero-order valence-corrected chi connectivity index (χ0v) is 14.0. The second kappa shape index (κ2) is 7.18. The maximum atomic E-state index is 9.06. The molecule has 1 N–H and O–H groups in total. The van der Waals surface area contributed by atoms with Crippen LogP contribution in [-0.4, -0.2) is 32.2 Å². The third-order valence-corrected chi connectivity index (χ3v) is 4.27. The van der Waals surface area contributed by atoms with Gasteiger partial charge in [-0.05, 0) is 36.6 Å². The fourth-order valence-corrected chi connectivity index (χ4v) is 2.73. The molecule has 0 aliphatic rings. The van der Waals surface area contributed by atoms with Gasteiger partial charge in [-0.3, -0.25) is 0 Å². The van der Waals surface area contributed by atoms with Crippen molar-refractivity contribution in [1.29, 1.82) is 5.26 Å². The Kier molecular flexibility index (Phi) is 4.81. The number of fused-ring (bicyclic) bond motifs is 1. The molecule has 3 aromatic rings. The van der Waals surface area contributed by atoms with Crippen LogP contribution in [0.5, 0.6) is 0 Å². The summed E-state index contributed by atoms with van der Waals surface area (Å²) >= 11 is 0. The van der Waals surface area contributed by atoms with Crippen molar-refractivity contribution < 1.29 is 0 Å². The van der Waals surface area contributed by atoms with Crippen LogP contribution in [0.25, 0.3) is 10.9 Å². The summed E-state index contributed by atoms with van der Waals surface area (Å²) in [6.45, 7) is 0.829. The first-order valence-electron chi connectivity index (χ1n) is 8.12. The molecule has 1 aromatic heterocycles. The molecule has 4 nitrogen and oxygen atoms in total. The highest BCUT2D eigenvalue weighted by atomic mass is 15.0. The summed E-state index contributed by atoms with van der Waals surface area (Å²) < 4.78 is 0. The second-order valence-electron chi connectivity index (χ2n) is 6.01. The highest BCUT2D eigenvalue weighted by molar-refractivity contribution is 6.48. The van der Waals surface area contributed by atoms with Crippen molar-refractivity contribution in [3.8, 4) is 6.07 Å². The summed E-state index contributed by atoms with van der Waals surface area (Å²) in [6.07, 6.45) is 3.60. The smallest absolute Gasteiger partial charge is 0.138 e. The van der Waals surface area contributed by atoms with Crippen molar-refractivity contribution in [1.82, 2.24) is 9.97 Å². The lowest BCUT2D eigenvalue weighted by Crippen LogP contribution is -2.25. The molecular weight excluding hydrogens is 294 g/mol. The Balaban J connectivity index is 1.65. The molecule has 116 valence electrons. The molecule has 0 saturated heterocycles. The van der Waals surface area contributed by atoms with Crippen molar-refractivity contribution in [2.45, 2.75) is 12.8 Å². The maximum Gasteiger partial charge on any atom is 0.138 e. The number of anilines is 1. The van der Waals surface area contributed by atoms with E-state index in [1.807, 2.05) is 12.1 Å².